The predicted octanol–water partition coefficient (Wildman–Crippen LogP) is 2.33. The smallest absolute Gasteiger partial charge is 0.278 e. The molecule has 0 radical (unpaired) electrons. The summed E-state index contributed by atoms with van der Waals surface area (Å²) in [5.74, 6) is 1.52. The highest BCUT2D eigenvalue weighted by Gasteiger charge is 2.12. The zero-order valence-electron chi connectivity index (χ0n) is 9.68. The minimum Gasteiger partial charge on any atom is -0.490 e. The van der Waals surface area contributed by atoms with Gasteiger partial charge in [0, 0.05) is 20.0 Å². The lowest BCUT2D eigenvalue weighted by Crippen LogP contribution is -2.20. The molecule has 1 aromatic carbocycles. The van der Waals surface area contributed by atoms with Crippen molar-refractivity contribution in [1.82, 2.24) is 4.90 Å². The third-order valence-electron chi connectivity index (χ3n) is 2.56. The number of hydrogen-bond acceptors (Lipinski definition) is 3. The maximum Gasteiger partial charge on any atom is 0.278 e. The Hall–Kier alpha value is -1.36. The van der Waals surface area contributed by atoms with Crippen molar-refractivity contribution < 1.29 is 14.3 Å². The van der Waals surface area contributed by atoms with Gasteiger partial charge in [-0.2, -0.15) is 0 Å². The van der Waals surface area contributed by atoms with Gasteiger partial charge in [0.15, 0.2) is 11.5 Å². The van der Waals surface area contributed by atoms with Gasteiger partial charge < -0.3 is 14.4 Å². The summed E-state index contributed by atoms with van der Waals surface area (Å²) in [5.41, 5.74) is 0.999. The summed E-state index contributed by atoms with van der Waals surface area (Å²) < 4.78 is 11.1. The first-order valence-corrected chi connectivity index (χ1v) is 5.94. The van der Waals surface area contributed by atoms with E-state index in [1.54, 1.807) is 7.05 Å². The molecule has 0 bridgehead atoms. The average Bonchev–Trinajstić information content (AvgIpc) is 2.53. The number of fused-ring (bicyclic) bond motifs is 1. The van der Waals surface area contributed by atoms with E-state index in [2.05, 4.69) is 12.6 Å². The Morgan fingerprint density at radius 2 is 2.06 bits per heavy atom. The van der Waals surface area contributed by atoms with Crippen LogP contribution < -0.4 is 9.47 Å². The quantitative estimate of drug-likeness (QED) is 0.822. The van der Waals surface area contributed by atoms with Crippen molar-refractivity contribution in [2.24, 2.45) is 0 Å². The number of thiol groups is 1. The molecule has 1 heterocycles. The Bertz CT molecular complexity index is 422. The van der Waals surface area contributed by atoms with Crippen molar-refractivity contribution in [3.63, 3.8) is 0 Å². The number of hydrogen-bond donors (Lipinski definition) is 1. The molecule has 17 heavy (non-hydrogen) atoms. The minimum absolute atomic E-state index is 0.253. The first-order chi connectivity index (χ1) is 8.16. The summed E-state index contributed by atoms with van der Waals surface area (Å²) in [5, 5.41) is -0.253. The van der Waals surface area contributed by atoms with Crippen LogP contribution >= 0.6 is 12.6 Å². The topological polar surface area (TPSA) is 38.8 Å². The molecule has 0 unspecified atom stereocenters. The zero-order valence-corrected chi connectivity index (χ0v) is 10.6. The maximum atomic E-state index is 11.0. The molecule has 4 nitrogen and oxygen atoms in total. The van der Waals surface area contributed by atoms with E-state index in [4.69, 9.17) is 9.47 Å². The fourth-order valence-electron chi connectivity index (χ4n) is 1.65. The third-order valence-corrected chi connectivity index (χ3v) is 2.90. The molecule has 5 heteroatoms. The molecule has 1 aromatic rings. The lowest BCUT2D eigenvalue weighted by atomic mass is 10.2. The van der Waals surface area contributed by atoms with Crippen molar-refractivity contribution in [3.8, 4) is 11.5 Å². The Kier molecular flexibility index (Phi) is 3.78. The molecule has 0 aliphatic carbocycles. The van der Waals surface area contributed by atoms with Crippen molar-refractivity contribution in [2.45, 2.75) is 13.0 Å². The highest BCUT2D eigenvalue weighted by Crippen LogP contribution is 2.30. The van der Waals surface area contributed by atoms with E-state index in [1.165, 1.54) is 4.90 Å². The standard InChI is InChI=1S/C12H15NO3S/c1-13(12(14)17)8-9-3-4-10-11(7-9)16-6-2-5-15-10/h3-4,7H,2,5-6,8H2,1H3,(H,14,17). The lowest BCUT2D eigenvalue weighted by molar-refractivity contribution is 0.232. The first kappa shape index (κ1) is 12.1. The molecular weight excluding hydrogens is 238 g/mol. The summed E-state index contributed by atoms with van der Waals surface area (Å²) in [6.45, 7) is 1.86. The molecule has 0 spiro atoms. The summed E-state index contributed by atoms with van der Waals surface area (Å²) >= 11 is 3.77. The second-order valence-electron chi connectivity index (χ2n) is 3.97. The van der Waals surface area contributed by atoms with Gasteiger partial charge in [0.25, 0.3) is 5.24 Å². The van der Waals surface area contributed by atoms with Crippen molar-refractivity contribution in [3.05, 3.63) is 23.8 Å². The molecule has 0 saturated carbocycles. The van der Waals surface area contributed by atoms with Gasteiger partial charge in [-0.1, -0.05) is 18.7 Å². The summed E-state index contributed by atoms with van der Waals surface area (Å²) in [6.07, 6.45) is 0.888. The fraction of sp³-hybridized carbons (Fsp3) is 0.417. The van der Waals surface area contributed by atoms with Gasteiger partial charge >= 0.3 is 0 Å². The molecule has 0 aromatic heterocycles. The number of carbonyl (C=O) groups is 1. The van der Waals surface area contributed by atoms with Crippen LogP contribution in [-0.4, -0.2) is 30.4 Å². The van der Waals surface area contributed by atoms with Gasteiger partial charge in [0.05, 0.1) is 13.2 Å². The van der Waals surface area contributed by atoms with Crippen LogP contribution in [0.15, 0.2) is 18.2 Å². The third kappa shape index (κ3) is 3.06. The van der Waals surface area contributed by atoms with Crippen LogP contribution in [0.3, 0.4) is 0 Å². The highest BCUT2D eigenvalue weighted by molar-refractivity contribution is 7.96. The second kappa shape index (κ2) is 5.31. The molecule has 0 saturated heterocycles. The Morgan fingerprint density at radius 1 is 1.35 bits per heavy atom. The molecule has 1 amide bonds. The van der Waals surface area contributed by atoms with E-state index in [1.807, 2.05) is 18.2 Å². The summed E-state index contributed by atoms with van der Waals surface area (Å²) in [6, 6.07) is 5.72. The van der Waals surface area contributed by atoms with Crippen LogP contribution in [0.2, 0.25) is 0 Å². The monoisotopic (exact) mass is 253 g/mol. The van der Waals surface area contributed by atoms with Crippen molar-refractivity contribution >= 4 is 17.9 Å². The van der Waals surface area contributed by atoms with Crippen LogP contribution in [0.4, 0.5) is 4.79 Å². The van der Waals surface area contributed by atoms with Crippen LogP contribution in [0, 0.1) is 0 Å². The van der Waals surface area contributed by atoms with Crippen LogP contribution in [0.25, 0.3) is 0 Å². The molecular formula is C12H15NO3S. The molecule has 92 valence electrons. The van der Waals surface area contributed by atoms with Crippen molar-refractivity contribution in [1.29, 1.82) is 0 Å². The van der Waals surface area contributed by atoms with Gasteiger partial charge in [0.2, 0.25) is 0 Å². The van der Waals surface area contributed by atoms with E-state index in [-0.39, 0.29) is 5.24 Å². The van der Waals surface area contributed by atoms with Crippen LogP contribution in [0.1, 0.15) is 12.0 Å². The largest absolute Gasteiger partial charge is 0.490 e. The zero-order chi connectivity index (χ0) is 12.3. The molecule has 0 fully saturated rings. The Labute approximate surface area is 106 Å². The maximum absolute atomic E-state index is 11.0. The molecule has 1 aliphatic heterocycles. The van der Waals surface area contributed by atoms with Gasteiger partial charge in [-0.15, -0.1) is 0 Å². The van der Waals surface area contributed by atoms with E-state index in [9.17, 15) is 4.79 Å². The average molecular weight is 253 g/mol. The van der Waals surface area contributed by atoms with Gasteiger partial charge in [0.1, 0.15) is 0 Å². The number of rotatable bonds is 2. The van der Waals surface area contributed by atoms with Crippen LogP contribution in [0.5, 0.6) is 11.5 Å². The summed E-state index contributed by atoms with van der Waals surface area (Å²) in [4.78, 5) is 12.6. The fourth-order valence-corrected chi connectivity index (χ4v) is 1.72. The number of amides is 1. The number of ether oxygens (including phenoxy) is 2. The van der Waals surface area contributed by atoms with Crippen LogP contribution in [-0.2, 0) is 6.54 Å². The van der Waals surface area contributed by atoms with E-state index >= 15 is 0 Å². The molecule has 2 rings (SSSR count). The molecule has 1 aliphatic rings. The van der Waals surface area contributed by atoms with Gasteiger partial charge in [-0.3, -0.25) is 4.79 Å². The van der Waals surface area contributed by atoms with E-state index in [0.717, 1.165) is 23.5 Å². The number of benzene rings is 1. The van der Waals surface area contributed by atoms with E-state index < -0.39 is 0 Å². The number of nitrogens with zero attached hydrogens (tertiary/aromatic N) is 1. The predicted molar refractivity (Wildman–Crippen MR) is 67.9 cm³/mol. The SMILES string of the molecule is CN(Cc1ccc2c(c1)OCCCO2)C(=O)S. The lowest BCUT2D eigenvalue weighted by Gasteiger charge is -2.15. The summed E-state index contributed by atoms with van der Waals surface area (Å²) in [7, 11) is 1.71. The Balaban J connectivity index is 2.15. The number of carbonyl (C=O) groups excluding carboxylic acids is 1. The normalized spacial score (nSPS) is 14.0. The molecule has 0 atom stereocenters. The van der Waals surface area contributed by atoms with Gasteiger partial charge in [-0.25, -0.2) is 0 Å². The highest BCUT2D eigenvalue weighted by atomic mass is 32.1. The first-order valence-electron chi connectivity index (χ1n) is 5.49. The van der Waals surface area contributed by atoms with E-state index in [0.29, 0.717) is 19.8 Å². The second-order valence-corrected chi connectivity index (χ2v) is 4.35. The van der Waals surface area contributed by atoms with Crippen molar-refractivity contribution in [2.75, 3.05) is 20.3 Å². The molecule has 0 N–H and O–H groups in total. The minimum atomic E-state index is -0.253. The van der Waals surface area contributed by atoms with Gasteiger partial charge in [-0.05, 0) is 17.7 Å². The Morgan fingerprint density at radius 3 is 2.76 bits per heavy atom.